The Hall–Kier alpha value is -2.16. The van der Waals surface area contributed by atoms with Crippen LogP contribution in [0.15, 0.2) is 30.3 Å². The summed E-state index contributed by atoms with van der Waals surface area (Å²) in [7, 11) is 0. The van der Waals surface area contributed by atoms with Crippen LogP contribution in [0, 0.1) is 0 Å². The molecule has 1 fully saturated rings. The largest absolute Gasteiger partial charge is 0.445 e. The van der Waals surface area contributed by atoms with Crippen LogP contribution in [0.2, 0.25) is 0 Å². The van der Waals surface area contributed by atoms with Gasteiger partial charge in [0, 0.05) is 6.54 Å². The quantitative estimate of drug-likeness (QED) is 0.531. The third-order valence-electron chi connectivity index (χ3n) is 4.29. The number of aliphatic hydroxyl groups is 3. The molecule has 0 aromatic heterocycles. The van der Waals surface area contributed by atoms with Crippen LogP contribution in [0.3, 0.4) is 0 Å². The van der Waals surface area contributed by atoms with Crippen LogP contribution >= 0.6 is 0 Å². The molecular formula is C17H24N2O6. The van der Waals surface area contributed by atoms with Gasteiger partial charge in [-0.1, -0.05) is 30.3 Å². The van der Waals surface area contributed by atoms with Gasteiger partial charge in [-0.2, -0.15) is 0 Å². The van der Waals surface area contributed by atoms with E-state index in [2.05, 4.69) is 5.32 Å². The molecule has 1 atom stereocenters. The number of likely N-dealkylation sites (tertiary alicyclic amines) is 1. The lowest BCUT2D eigenvalue weighted by atomic mass is 10.0. The second-order valence-corrected chi connectivity index (χ2v) is 6.14. The molecule has 25 heavy (non-hydrogen) atoms. The molecule has 0 unspecified atom stereocenters. The summed E-state index contributed by atoms with van der Waals surface area (Å²) in [5.74, 6) is -0.536. The van der Waals surface area contributed by atoms with Gasteiger partial charge in [0.15, 0.2) is 0 Å². The molecular weight excluding hydrogens is 328 g/mol. The van der Waals surface area contributed by atoms with Gasteiger partial charge in [-0.15, -0.1) is 0 Å². The normalized spacial score (nSPS) is 17.4. The van der Waals surface area contributed by atoms with Crippen LogP contribution in [-0.2, 0) is 16.1 Å². The molecule has 4 N–H and O–H groups in total. The lowest BCUT2D eigenvalue weighted by molar-refractivity contribution is -0.129. The maximum Gasteiger partial charge on any atom is 0.410 e. The summed E-state index contributed by atoms with van der Waals surface area (Å²) in [5, 5.41) is 30.4. The number of carbonyl (C=O) groups is 2. The summed E-state index contributed by atoms with van der Waals surface area (Å²) >= 11 is 0. The average molecular weight is 352 g/mol. The average Bonchev–Trinajstić information content (AvgIpc) is 3.15. The Morgan fingerprint density at radius 3 is 2.40 bits per heavy atom. The molecule has 1 aliphatic rings. The van der Waals surface area contributed by atoms with Crippen LogP contribution in [0.1, 0.15) is 18.4 Å². The SMILES string of the molecule is O=C(NC(CO)(CO)CO)[C@H]1CCCN1C(=O)OCc1ccccc1. The van der Waals surface area contributed by atoms with E-state index in [0.717, 1.165) is 5.56 Å². The van der Waals surface area contributed by atoms with Crippen molar-refractivity contribution in [3.8, 4) is 0 Å². The van der Waals surface area contributed by atoms with E-state index in [4.69, 9.17) is 4.74 Å². The van der Waals surface area contributed by atoms with E-state index < -0.39 is 43.4 Å². The highest BCUT2D eigenvalue weighted by molar-refractivity contribution is 5.86. The van der Waals surface area contributed by atoms with Crippen molar-refractivity contribution < 1.29 is 29.6 Å². The molecule has 1 heterocycles. The number of hydrogen-bond acceptors (Lipinski definition) is 6. The number of nitrogens with one attached hydrogen (secondary N) is 1. The van der Waals surface area contributed by atoms with Crippen molar-refractivity contribution in [2.24, 2.45) is 0 Å². The Kier molecular flexibility index (Phi) is 6.74. The molecule has 0 radical (unpaired) electrons. The molecule has 138 valence electrons. The molecule has 0 bridgehead atoms. The minimum atomic E-state index is -1.51. The lowest BCUT2D eigenvalue weighted by Gasteiger charge is -2.32. The predicted molar refractivity (Wildman–Crippen MR) is 88.5 cm³/mol. The van der Waals surface area contributed by atoms with Gasteiger partial charge in [-0.05, 0) is 18.4 Å². The van der Waals surface area contributed by atoms with Crippen LogP contribution < -0.4 is 5.32 Å². The number of aliphatic hydroxyl groups excluding tert-OH is 3. The van der Waals surface area contributed by atoms with Crippen molar-refractivity contribution in [2.75, 3.05) is 26.4 Å². The van der Waals surface area contributed by atoms with Gasteiger partial charge >= 0.3 is 6.09 Å². The number of ether oxygens (including phenoxy) is 1. The number of rotatable bonds is 7. The minimum Gasteiger partial charge on any atom is -0.445 e. The Morgan fingerprint density at radius 1 is 1.16 bits per heavy atom. The maximum atomic E-state index is 12.4. The second-order valence-electron chi connectivity index (χ2n) is 6.14. The van der Waals surface area contributed by atoms with Crippen molar-refractivity contribution in [2.45, 2.75) is 31.0 Å². The number of carbonyl (C=O) groups excluding carboxylic acids is 2. The molecule has 2 amide bonds. The molecule has 2 rings (SSSR count). The summed E-state index contributed by atoms with van der Waals surface area (Å²) in [4.78, 5) is 26.0. The summed E-state index contributed by atoms with van der Waals surface area (Å²) in [6.07, 6.45) is 0.497. The third kappa shape index (κ3) is 4.68. The third-order valence-corrected chi connectivity index (χ3v) is 4.29. The highest BCUT2D eigenvalue weighted by Crippen LogP contribution is 2.20. The molecule has 8 nitrogen and oxygen atoms in total. The van der Waals surface area contributed by atoms with E-state index in [9.17, 15) is 24.9 Å². The van der Waals surface area contributed by atoms with Crippen LogP contribution in [-0.4, -0.2) is 70.2 Å². The monoisotopic (exact) mass is 352 g/mol. The van der Waals surface area contributed by atoms with Crippen LogP contribution in [0.4, 0.5) is 4.79 Å². The van der Waals surface area contributed by atoms with Crippen molar-refractivity contribution in [1.29, 1.82) is 0 Å². The molecule has 8 heteroatoms. The van der Waals surface area contributed by atoms with E-state index >= 15 is 0 Å². The number of benzene rings is 1. The highest BCUT2D eigenvalue weighted by Gasteiger charge is 2.39. The molecule has 1 aromatic rings. The van der Waals surface area contributed by atoms with Crippen molar-refractivity contribution in [3.05, 3.63) is 35.9 Å². The Morgan fingerprint density at radius 2 is 1.80 bits per heavy atom. The van der Waals surface area contributed by atoms with Gasteiger partial charge < -0.3 is 25.4 Å². The first-order valence-electron chi connectivity index (χ1n) is 8.17. The summed E-state index contributed by atoms with van der Waals surface area (Å²) < 4.78 is 5.26. The van der Waals surface area contributed by atoms with Gasteiger partial charge in [-0.3, -0.25) is 9.69 Å². The standard InChI is InChI=1S/C17H24N2O6/c20-10-17(11-21,12-22)18-15(23)14-7-4-8-19(14)16(24)25-9-13-5-2-1-3-6-13/h1-3,5-6,14,20-22H,4,7-12H2,(H,18,23)/t14-/m1/s1. The Balaban J connectivity index is 1.96. The fourth-order valence-corrected chi connectivity index (χ4v) is 2.67. The Bertz CT molecular complexity index is 567. The summed E-state index contributed by atoms with van der Waals surface area (Å²) in [6.45, 7) is -1.35. The second kappa shape index (κ2) is 8.80. The fourth-order valence-electron chi connectivity index (χ4n) is 2.67. The molecule has 1 aromatic carbocycles. The van der Waals surface area contributed by atoms with Gasteiger partial charge in [0.2, 0.25) is 5.91 Å². The van der Waals surface area contributed by atoms with Crippen molar-refractivity contribution in [1.82, 2.24) is 10.2 Å². The Labute approximate surface area is 146 Å². The molecule has 0 spiro atoms. The zero-order valence-electron chi connectivity index (χ0n) is 13.9. The highest BCUT2D eigenvalue weighted by atomic mass is 16.6. The maximum absolute atomic E-state index is 12.4. The van der Waals surface area contributed by atoms with Crippen LogP contribution in [0.25, 0.3) is 0 Å². The van der Waals surface area contributed by atoms with Crippen LogP contribution in [0.5, 0.6) is 0 Å². The summed E-state index contributed by atoms with van der Waals surface area (Å²) in [6, 6.07) is 8.45. The van der Waals surface area contributed by atoms with Gasteiger partial charge in [0.25, 0.3) is 0 Å². The summed E-state index contributed by atoms with van der Waals surface area (Å²) in [5.41, 5.74) is -0.671. The van der Waals surface area contributed by atoms with E-state index in [1.165, 1.54) is 4.90 Å². The first-order chi connectivity index (χ1) is 12.0. The molecule has 0 aliphatic carbocycles. The van der Waals surface area contributed by atoms with Crippen molar-refractivity contribution >= 4 is 12.0 Å². The molecule has 0 saturated carbocycles. The number of nitrogens with zero attached hydrogens (tertiary/aromatic N) is 1. The van der Waals surface area contributed by atoms with E-state index in [-0.39, 0.29) is 6.61 Å². The smallest absolute Gasteiger partial charge is 0.410 e. The number of amides is 2. The molecule has 1 aliphatic heterocycles. The lowest BCUT2D eigenvalue weighted by Crippen LogP contribution is -2.60. The van der Waals surface area contributed by atoms with Gasteiger partial charge in [-0.25, -0.2) is 4.79 Å². The van der Waals surface area contributed by atoms with Crippen molar-refractivity contribution in [3.63, 3.8) is 0 Å². The van der Waals surface area contributed by atoms with Gasteiger partial charge in [0.1, 0.15) is 18.2 Å². The predicted octanol–water partition coefficient (Wildman–Crippen LogP) is -0.380. The van der Waals surface area contributed by atoms with E-state index in [1.807, 2.05) is 30.3 Å². The number of hydrogen-bond donors (Lipinski definition) is 4. The van der Waals surface area contributed by atoms with Gasteiger partial charge in [0.05, 0.1) is 19.8 Å². The van der Waals surface area contributed by atoms with E-state index in [0.29, 0.717) is 19.4 Å². The first-order valence-corrected chi connectivity index (χ1v) is 8.17. The van der Waals surface area contributed by atoms with E-state index in [1.54, 1.807) is 0 Å². The molecule has 1 saturated heterocycles. The zero-order chi connectivity index (χ0) is 18.3. The first kappa shape index (κ1) is 19.2. The fraction of sp³-hybridized carbons (Fsp3) is 0.529. The zero-order valence-corrected chi connectivity index (χ0v) is 13.9. The topological polar surface area (TPSA) is 119 Å². The minimum absolute atomic E-state index is 0.109.